The van der Waals surface area contributed by atoms with Gasteiger partial charge in [-0.25, -0.2) is 0 Å². The lowest BCUT2D eigenvalue weighted by Crippen LogP contribution is -2.46. The highest BCUT2D eigenvalue weighted by molar-refractivity contribution is 6.80. The molecule has 0 bridgehead atoms. The summed E-state index contributed by atoms with van der Waals surface area (Å²) in [7, 11) is -3.37. The fraction of sp³-hybridized carbons (Fsp3) is 0.818. The van der Waals surface area contributed by atoms with E-state index in [-0.39, 0.29) is 0 Å². The van der Waals surface area contributed by atoms with Crippen LogP contribution >= 0.6 is 0 Å². The minimum Gasteiger partial charge on any atom is -0.493 e. The third-order valence-corrected chi connectivity index (χ3v) is 3.54. The topological polar surface area (TPSA) is 90.2 Å². The highest BCUT2D eigenvalue weighted by Gasteiger charge is 2.36. The molecule has 5 nitrogen and oxygen atoms in total. The molecule has 0 atom stereocenters. The predicted octanol–water partition coefficient (Wildman–Crippen LogP) is 0.892. The SMILES string of the molecule is CC(C)(O)C(C)(C)OC=C[Si](C)(C)C.OB(O)O. The molecule has 4 N–H and O–H groups in total. The van der Waals surface area contributed by atoms with E-state index < -0.39 is 26.6 Å². The van der Waals surface area contributed by atoms with Gasteiger partial charge in [-0.3, -0.25) is 0 Å². The Bertz CT molecular complexity index is 250. The molecule has 0 fully saturated rings. The monoisotopic (exact) mass is 278 g/mol. The maximum atomic E-state index is 9.83. The Labute approximate surface area is 111 Å². The highest BCUT2D eigenvalue weighted by Crippen LogP contribution is 2.25. The summed E-state index contributed by atoms with van der Waals surface area (Å²) in [4.78, 5) is 0. The van der Waals surface area contributed by atoms with Crippen LogP contribution in [0.15, 0.2) is 12.0 Å². The maximum Gasteiger partial charge on any atom is 0.631 e. The zero-order chi connectivity index (χ0) is 15.2. The summed E-state index contributed by atoms with van der Waals surface area (Å²) >= 11 is 0. The molecule has 18 heavy (non-hydrogen) atoms. The zero-order valence-electron chi connectivity index (χ0n) is 12.4. The number of hydrogen-bond acceptors (Lipinski definition) is 5. The first-order valence-electron chi connectivity index (χ1n) is 5.81. The quantitative estimate of drug-likeness (QED) is 0.453. The van der Waals surface area contributed by atoms with Crippen molar-refractivity contribution in [3.8, 4) is 0 Å². The summed E-state index contributed by atoms with van der Waals surface area (Å²) in [6.07, 6.45) is 1.74. The molecule has 0 amide bonds. The van der Waals surface area contributed by atoms with Crippen LogP contribution in [0.25, 0.3) is 0 Å². The van der Waals surface area contributed by atoms with Gasteiger partial charge in [-0.1, -0.05) is 25.3 Å². The smallest absolute Gasteiger partial charge is 0.493 e. The zero-order valence-corrected chi connectivity index (χ0v) is 13.4. The average molecular weight is 278 g/mol. The molecule has 0 aliphatic carbocycles. The summed E-state index contributed by atoms with van der Waals surface area (Å²) in [6.45, 7) is 14.0. The normalized spacial score (nSPS) is 13.1. The summed E-state index contributed by atoms with van der Waals surface area (Å²) < 4.78 is 5.57. The minimum absolute atomic E-state index is 0.552. The first-order chi connectivity index (χ1) is 7.69. The molecule has 0 rings (SSSR count). The van der Waals surface area contributed by atoms with Crippen LogP contribution in [0.4, 0.5) is 0 Å². The lowest BCUT2D eigenvalue weighted by Gasteiger charge is -2.36. The summed E-state index contributed by atoms with van der Waals surface area (Å²) in [5, 5.41) is 31.3. The molecule has 0 aromatic carbocycles. The van der Waals surface area contributed by atoms with Gasteiger partial charge in [0.25, 0.3) is 0 Å². The molecule has 0 saturated heterocycles. The van der Waals surface area contributed by atoms with Crippen molar-refractivity contribution in [3.63, 3.8) is 0 Å². The van der Waals surface area contributed by atoms with E-state index in [1.165, 1.54) is 0 Å². The van der Waals surface area contributed by atoms with E-state index in [0.29, 0.717) is 0 Å². The summed E-state index contributed by atoms with van der Waals surface area (Å²) in [6, 6.07) is 0. The van der Waals surface area contributed by atoms with Gasteiger partial charge < -0.3 is 24.9 Å². The lowest BCUT2D eigenvalue weighted by atomic mass is 9.90. The molecule has 7 heteroatoms. The molecule has 0 aromatic heterocycles. The number of aliphatic hydroxyl groups is 1. The second-order valence-corrected chi connectivity index (χ2v) is 11.3. The van der Waals surface area contributed by atoms with Crippen molar-refractivity contribution in [3.05, 3.63) is 12.0 Å². The van der Waals surface area contributed by atoms with Gasteiger partial charge in [0.2, 0.25) is 0 Å². The predicted molar refractivity (Wildman–Crippen MR) is 76.4 cm³/mol. The number of rotatable bonds is 4. The Morgan fingerprint density at radius 2 is 1.33 bits per heavy atom. The maximum absolute atomic E-state index is 9.83. The molecule has 0 aromatic rings. The van der Waals surface area contributed by atoms with E-state index >= 15 is 0 Å². The Morgan fingerprint density at radius 1 is 1.00 bits per heavy atom. The Hall–Kier alpha value is -0.338. The van der Waals surface area contributed by atoms with Gasteiger partial charge in [-0.2, -0.15) is 0 Å². The molecule has 0 aliphatic rings. The second kappa shape index (κ2) is 7.30. The van der Waals surface area contributed by atoms with Crippen molar-refractivity contribution in [2.24, 2.45) is 0 Å². The molecular formula is C11H27BO5Si. The van der Waals surface area contributed by atoms with Gasteiger partial charge in [0, 0.05) is 0 Å². The largest absolute Gasteiger partial charge is 0.631 e. The van der Waals surface area contributed by atoms with Crippen LogP contribution in [-0.4, -0.2) is 46.8 Å². The summed E-state index contributed by atoms with van der Waals surface area (Å²) in [5.74, 6) is 0. The molecule has 108 valence electrons. The third-order valence-electron chi connectivity index (χ3n) is 2.40. The van der Waals surface area contributed by atoms with E-state index in [4.69, 9.17) is 19.8 Å². The number of ether oxygens (including phenoxy) is 1. The Kier molecular flexibility index (Phi) is 8.11. The minimum atomic E-state index is -2.17. The van der Waals surface area contributed by atoms with Crippen LogP contribution in [0.3, 0.4) is 0 Å². The fourth-order valence-corrected chi connectivity index (χ4v) is 1.03. The van der Waals surface area contributed by atoms with Crippen LogP contribution in [0.5, 0.6) is 0 Å². The molecule has 0 saturated carbocycles. The fourth-order valence-electron chi connectivity index (χ4n) is 0.552. The van der Waals surface area contributed by atoms with E-state index in [0.717, 1.165) is 0 Å². The second-order valence-electron chi connectivity index (χ2n) is 6.20. The standard InChI is InChI=1S/C11H24O2Si.BH3O3/c1-10(2,12)11(3,4)13-8-9-14(5,6)7;2-1(3)4/h8-9,12H,1-7H3;2-4H. The molecule has 0 aliphatic heterocycles. The van der Waals surface area contributed by atoms with E-state index in [2.05, 4.69) is 25.3 Å². The van der Waals surface area contributed by atoms with Crippen LogP contribution in [-0.2, 0) is 4.74 Å². The Morgan fingerprint density at radius 3 is 1.56 bits per heavy atom. The van der Waals surface area contributed by atoms with Gasteiger partial charge in [0.05, 0.1) is 19.9 Å². The number of hydrogen-bond donors (Lipinski definition) is 4. The molecule has 0 radical (unpaired) electrons. The van der Waals surface area contributed by atoms with Gasteiger partial charge in [0.1, 0.15) is 5.60 Å². The van der Waals surface area contributed by atoms with E-state index in [1.54, 1.807) is 20.1 Å². The van der Waals surface area contributed by atoms with Gasteiger partial charge in [0.15, 0.2) is 0 Å². The van der Waals surface area contributed by atoms with E-state index in [1.807, 2.05) is 13.8 Å². The van der Waals surface area contributed by atoms with Gasteiger partial charge >= 0.3 is 7.32 Å². The first-order valence-corrected chi connectivity index (χ1v) is 9.39. The molecule has 0 spiro atoms. The van der Waals surface area contributed by atoms with Crippen molar-refractivity contribution in [1.29, 1.82) is 0 Å². The van der Waals surface area contributed by atoms with Crippen molar-refractivity contribution >= 4 is 15.4 Å². The van der Waals surface area contributed by atoms with Crippen LogP contribution in [0, 0.1) is 0 Å². The van der Waals surface area contributed by atoms with Gasteiger partial charge in [-0.05, 0) is 27.7 Å². The van der Waals surface area contributed by atoms with Gasteiger partial charge in [-0.15, -0.1) is 0 Å². The van der Waals surface area contributed by atoms with Crippen LogP contribution in [0.1, 0.15) is 27.7 Å². The first kappa shape index (κ1) is 20.0. The third kappa shape index (κ3) is 12.1. The lowest BCUT2D eigenvalue weighted by molar-refractivity contribution is -0.113. The molecule has 0 unspecified atom stereocenters. The highest BCUT2D eigenvalue weighted by atomic mass is 28.3. The van der Waals surface area contributed by atoms with Crippen molar-refractivity contribution < 1.29 is 24.9 Å². The van der Waals surface area contributed by atoms with Crippen molar-refractivity contribution in [2.45, 2.75) is 58.5 Å². The average Bonchev–Trinajstić information content (AvgIpc) is 1.96. The van der Waals surface area contributed by atoms with E-state index in [9.17, 15) is 5.11 Å². The summed E-state index contributed by atoms with van der Waals surface area (Å²) in [5.41, 5.74) is 0.737. The Balaban J connectivity index is 0. The van der Waals surface area contributed by atoms with Crippen LogP contribution < -0.4 is 0 Å². The van der Waals surface area contributed by atoms with Crippen molar-refractivity contribution in [1.82, 2.24) is 0 Å². The van der Waals surface area contributed by atoms with Crippen molar-refractivity contribution in [2.75, 3.05) is 0 Å². The van der Waals surface area contributed by atoms with Crippen LogP contribution in [0.2, 0.25) is 19.6 Å². The molecule has 0 heterocycles. The molecular weight excluding hydrogens is 251 g/mol.